The quantitative estimate of drug-likeness (QED) is 0.757. The number of carbonyl (C=O) groups is 1. The summed E-state index contributed by atoms with van der Waals surface area (Å²) in [5.41, 5.74) is 3.20. The van der Waals surface area contributed by atoms with Gasteiger partial charge in [-0.2, -0.15) is 0 Å². The lowest BCUT2D eigenvalue weighted by molar-refractivity contribution is -0.120. The Morgan fingerprint density at radius 3 is 2.61 bits per heavy atom. The van der Waals surface area contributed by atoms with Gasteiger partial charge >= 0.3 is 0 Å². The normalized spacial score (nSPS) is 14.9. The summed E-state index contributed by atoms with van der Waals surface area (Å²) in [6.45, 7) is 5.68. The van der Waals surface area contributed by atoms with Crippen molar-refractivity contribution in [3.63, 3.8) is 0 Å². The zero-order chi connectivity index (χ0) is 19.5. The van der Waals surface area contributed by atoms with Crippen LogP contribution in [0.5, 0.6) is 0 Å². The summed E-state index contributed by atoms with van der Waals surface area (Å²) in [7, 11) is 0. The van der Waals surface area contributed by atoms with Gasteiger partial charge in [0.05, 0.1) is 0 Å². The number of imidazole rings is 1. The van der Waals surface area contributed by atoms with E-state index in [9.17, 15) is 4.79 Å². The zero-order valence-corrected chi connectivity index (χ0v) is 16.2. The Hall–Kier alpha value is -3.22. The van der Waals surface area contributed by atoms with Gasteiger partial charge in [-0.15, -0.1) is 0 Å². The minimum Gasteiger partial charge on any atom is -0.356 e. The molecule has 144 valence electrons. The molecule has 0 unspecified atom stereocenters. The van der Waals surface area contributed by atoms with Crippen molar-refractivity contribution in [2.24, 2.45) is 5.92 Å². The summed E-state index contributed by atoms with van der Waals surface area (Å²) < 4.78 is 1.86. The van der Waals surface area contributed by atoms with Gasteiger partial charge in [-0.05, 0) is 38.3 Å². The van der Waals surface area contributed by atoms with Gasteiger partial charge in [0, 0.05) is 43.2 Å². The van der Waals surface area contributed by atoms with Crippen molar-refractivity contribution < 1.29 is 4.79 Å². The molecule has 7 heteroatoms. The SMILES string of the molecule is Cc1ccc(NC(=O)C2CCN(c3cc(-n4ccnc4)ncn3)CC2)c(C)c1. The predicted molar refractivity (Wildman–Crippen MR) is 109 cm³/mol. The Kier molecular flexibility index (Phi) is 5.06. The van der Waals surface area contributed by atoms with Crippen LogP contribution in [0.4, 0.5) is 11.5 Å². The molecule has 1 amide bonds. The van der Waals surface area contributed by atoms with Crippen molar-refractivity contribution in [3.05, 3.63) is 60.4 Å². The molecule has 7 nitrogen and oxygen atoms in total. The Bertz CT molecular complexity index is 961. The fourth-order valence-electron chi connectivity index (χ4n) is 3.61. The Morgan fingerprint density at radius 2 is 1.89 bits per heavy atom. The molecule has 4 rings (SSSR count). The molecule has 1 aliphatic heterocycles. The monoisotopic (exact) mass is 376 g/mol. The van der Waals surface area contributed by atoms with E-state index < -0.39 is 0 Å². The van der Waals surface area contributed by atoms with Crippen LogP contribution < -0.4 is 10.2 Å². The molecule has 1 N–H and O–H groups in total. The second kappa shape index (κ2) is 7.80. The molecule has 3 aromatic rings. The third-order valence-electron chi connectivity index (χ3n) is 5.24. The molecule has 0 bridgehead atoms. The highest BCUT2D eigenvalue weighted by Crippen LogP contribution is 2.25. The highest BCUT2D eigenvalue weighted by molar-refractivity contribution is 5.93. The first kappa shape index (κ1) is 18.2. The second-order valence-corrected chi connectivity index (χ2v) is 7.27. The zero-order valence-electron chi connectivity index (χ0n) is 16.2. The Morgan fingerprint density at radius 1 is 1.11 bits per heavy atom. The first-order chi connectivity index (χ1) is 13.6. The van der Waals surface area contributed by atoms with Crippen LogP contribution in [0.1, 0.15) is 24.0 Å². The predicted octanol–water partition coefficient (Wildman–Crippen LogP) is 3.13. The molecule has 28 heavy (non-hydrogen) atoms. The van der Waals surface area contributed by atoms with E-state index in [2.05, 4.69) is 38.2 Å². The number of rotatable bonds is 4. The molecule has 1 aromatic carbocycles. The Labute approximate surface area is 164 Å². The molecule has 0 atom stereocenters. The van der Waals surface area contributed by atoms with E-state index in [-0.39, 0.29) is 11.8 Å². The standard InChI is InChI=1S/C21H24N6O/c1-15-3-4-18(16(2)11-15)25-21(28)17-5-8-26(9-6-17)19-12-20(24-13-23-19)27-10-7-22-14-27/h3-4,7,10-14,17H,5-6,8-9H2,1-2H3,(H,25,28). The van der Waals surface area contributed by atoms with Crippen molar-refractivity contribution in [1.29, 1.82) is 0 Å². The van der Waals surface area contributed by atoms with Crippen LogP contribution >= 0.6 is 0 Å². The topological polar surface area (TPSA) is 75.9 Å². The number of hydrogen-bond acceptors (Lipinski definition) is 5. The van der Waals surface area contributed by atoms with Crippen molar-refractivity contribution in [2.75, 3.05) is 23.3 Å². The molecule has 0 spiro atoms. The molecular formula is C21H24N6O. The number of nitrogens with one attached hydrogen (secondary N) is 1. The maximum Gasteiger partial charge on any atom is 0.227 e. The maximum atomic E-state index is 12.7. The number of hydrogen-bond donors (Lipinski definition) is 1. The van der Waals surface area contributed by atoms with Gasteiger partial charge in [-0.1, -0.05) is 17.7 Å². The summed E-state index contributed by atoms with van der Waals surface area (Å²) in [5.74, 6) is 1.80. The van der Waals surface area contributed by atoms with Crippen molar-refractivity contribution >= 4 is 17.4 Å². The van der Waals surface area contributed by atoms with E-state index in [0.29, 0.717) is 0 Å². The highest BCUT2D eigenvalue weighted by atomic mass is 16.1. The number of carbonyl (C=O) groups excluding carboxylic acids is 1. The number of anilines is 2. The van der Waals surface area contributed by atoms with Gasteiger partial charge in [-0.25, -0.2) is 15.0 Å². The minimum absolute atomic E-state index is 0.0203. The van der Waals surface area contributed by atoms with Gasteiger partial charge in [0.15, 0.2) is 0 Å². The van der Waals surface area contributed by atoms with Crippen LogP contribution in [0, 0.1) is 19.8 Å². The van der Waals surface area contributed by atoms with Crippen LogP contribution in [0.15, 0.2) is 49.3 Å². The largest absolute Gasteiger partial charge is 0.356 e. The summed E-state index contributed by atoms with van der Waals surface area (Å²) in [6, 6.07) is 8.05. The van der Waals surface area contributed by atoms with Crippen molar-refractivity contribution in [1.82, 2.24) is 19.5 Å². The lowest BCUT2D eigenvalue weighted by atomic mass is 9.95. The maximum absolute atomic E-state index is 12.7. The third-order valence-corrected chi connectivity index (χ3v) is 5.24. The number of amides is 1. The van der Waals surface area contributed by atoms with Crippen molar-refractivity contribution in [2.45, 2.75) is 26.7 Å². The van der Waals surface area contributed by atoms with Gasteiger partial charge in [0.25, 0.3) is 0 Å². The molecular weight excluding hydrogens is 352 g/mol. The highest BCUT2D eigenvalue weighted by Gasteiger charge is 2.26. The third kappa shape index (κ3) is 3.88. The number of aromatic nitrogens is 4. The number of aryl methyl sites for hydroxylation is 2. The molecule has 0 radical (unpaired) electrons. The molecule has 3 heterocycles. The van der Waals surface area contributed by atoms with E-state index in [1.807, 2.05) is 35.9 Å². The molecule has 2 aromatic heterocycles. The van der Waals surface area contributed by atoms with E-state index in [1.54, 1.807) is 18.9 Å². The lowest BCUT2D eigenvalue weighted by Crippen LogP contribution is -2.38. The van der Waals surface area contributed by atoms with E-state index in [1.165, 1.54) is 5.56 Å². The van der Waals surface area contributed by atoms with Gasteiger partial charge in [0.1, 0.15) is 24.3 Å². The lowest BCUT2D eigenvalue weighted by Gasteiger charge is -2.32. The van der Waals surface area contributed by atoms with Gasteiger partial charge in [0.2, 0.25) is 5.91 Å². The van der Waals surface area contributed by atoms with E-state index >= 15 is 0 Å². The number of nitrogens with zero attached hydrogens (tertiary/aromatic N) is 5. The van der Waals surface area contributed by atoms with E-state index in [0.717, 1.165) is 48.8 Å². The molecule has 0 aliphatic carbocycles. The average molecular weight is 376 g/mol. The van der Waals surface area contributed by atoms with Gasteiger partial charge < -0.3 is 10.2 Å². The van der Waals surface area contributed by atoms with Crippen LogP contribution in [0.2, 0.25) is 0 Å². The fourth-order valence-corrected chi connectivity index (χ4v) is 3.61. The smallest absolute Gasteiger partial charge is 0.227 e. The van der Waals surface area contributed by atoms with Crippen LogP contribution in [-0.2, 0) is 4.79 Å². The summed E-state index contributed by atoms with van der Waals surface area (Å²) in [5, 5.41) is 3.10. The first-order valence-corrected chi connectivity index (χ1v) is 9.53. The number of benzene rings is 1. The summed E-state index contributed by atoms with van der Waals surface area (Å²) in [6.07, 6.45) is 8.49. The first-order valence-electron chi connectivity index (χ1n) is 9.53. The Balaban J connectivity index is 1.38. The summed E-state index contributed by atoms with van der Waals surface area (Å²) >= 11 is 0. The molecule has 1 saturated heterocycles. The second-order valence-electron chi connectivity index (χ2n) is 7.27. The molecule has 1 aliphatic rings. The van der Waals surface area contributed by atoms with Crippen LogP contribution in [-0.4, -0.2) is 38.5 Å². The minimum atomic E-state index is 0.0203. The average Bonchev–Trinajstić information content (AvgIpc) is 3.25. The fraction of sp³-hybridized carbons (Fsp3) is 0.333. The van der Waals surface area contributed by atoms with Crippen LogP contribution in [0.25, 0.3) is 5.82 Å². The molecule has 1 fully saturated rings. The van der Waals surface area contributed by atoms with Crippen LogP contribution in [0.3, 0.4) is 0 Å². The number of piperidine rings is 1. The molecule has 0 saturated carbocycles. The van der Waals surface area contributed by atoms with Gasteiger partial charge in [-0.3, -0.25) is 9.36 Å². The summed E-state index contributed by atoms with van der Waals surface area (Å²) in [4.78, 5) is 27.7. The van der Waals surface area contributed by atoms with E-state index in [4.69, 9.17) is 0 Å². The van der Waals surface area contributed by atoms with Crippen molar-refractivity contribution in [3.8, 4) is 5.82 Å².